The molecule has 3 heterocycles. The smallest absolute Gasteiger partial charge is 0.409 e. The molecule has 2 aliphatic heterocycles. The number of nitrogens with zero attached hydrogens (tertiary/aromatic N) is 4. The van der Waals surface area contributed by atoms with Crippen LogP contribution in [0.15, 0.2) is 4.52 Å². The second-order valence-corrected chi connectivity index (χ2v) is 5.90. The van der Waals surface area contributed by atoms with Crippen LogP contribution in [-0.4, -0.2) is 72.0 Å². The average molecular weight is 324 g/mol. The van der Waals surface area contributed by atoms with Crippen LogP contribution in [0, 0.1) is 0 Å². The summed E-state index contributed by atoms with van der Waals surface area (Å²) in [5, 5.41) is 4.10. The van der Waals surface area contributed by atoms with Crippen molar-refractivity contribution in [2.75, 3.05) is 46.0 Å². The van der Waals surface area contributed by atoms with Crippen molar-refractivity contribution in [2.24, 2.45) is 0 Å². The molecule has 0 unspecified atom stereocenters. The molecule has 8 nitrogen and oxygen atoms in total. The normalized spacial score (nSPS) is 20.7. The summed E-state index contributed by atoms with van der Waals surface area (Å²) in [4.78, 5) is 20.2. The molecule has 0 radical (unpaired) electrons. The second-order valence-electron chi connectivity index (χ2n) is 5.90. The van der Waals surface area contributed by atoms with E-state index < -0.39 is 0 Å². The lowest BCUT2D eigenvalue weighted by Crippen LogP contribution is -2.48. The molecule has 1 aromatic rings. The lowest BCUT2D eigenvalue weighted by atomic mass is 10.0. The number of aromatic nitrogens is 2. The van der Waals surface area contributed by atoms with Crippen molar-refractivity contribution in [3.63, 3.8) is 0 Å². The summed E-state index contributed by atoms with van der Waals surface area (Å²) in [6.45, 7) is 7.34. The molecule has 128 valence electrons. The van der Waals surface area contributed by atoms with Gasteiger partial charge in [-0.25, -0.2) is 4.79 Å². The Kier molecular flexibility index (Phi) is 5.45. The van der Waals surface area contributed by atoms with E-state index in [1.165, 1.54) is 0 Å². The maximum Gasteiger partial charge on any atom is 0.409 e. The summed E-state index contributed by atoms with van der Waals surface area (Å²) < 4.78 is 15.8. The van der Waals surface area contributed by atoms with Gasteiger partial charge in [0.1, 0.15) is 0 Å². The fraction of sp³-hybridized carbons (Fsp3) is 0.800. The Bertz CT molecular complexity index is 507. The van der Waals surface area contributed by atoms with E-state index in [1.807, 2.05) is 6.92 Å². The molecule has 0 N–H and O–H groups in total. The van der Waals surface area contributed by atoms with Crippen LogP contribution < -0.4 is 0 Å². The first-order valence-electron chi connectivity index (χ1n) is 8.30. The molecule has 1 amide bonds. The zero-order chi connectivity index (χ0) is 16.1. The van der Waals surface area contributed by atoms with E-state index in [0.29, 0.717) is 32.2 Å². The molecule has 0 aromatic carbocycles. The molecular weight excluding hydrogens is 300 g/mol. The van der Waals surface area contributed by atoms with Gasteiger partial charge < -0.3 is 18.9 Å². The van der Waals surface area contributed by atoms with Crippen molar-refractivity contribution >= 4 is 6.09 Å². The van der Waals surface area contributed by atoms with Crippen LogP contribution in [0.25, 0.3) is 0 Å². The van der Waals surface area contributed by atoms with E-state index in [-0.39, 0.29) is 6.09 Å². The number of amides is 1. The zero-order valence-corrected chi connectivity index (χ0v) is 13.6. The molecule has 0 aliphatic carbocycles. The molecule has 2 fully saturated rings. The molecule has 0 atom stereocenters. The first kappa shape index (κ1) is 16.2. The van der Waals surface area contributed by atoms with Gasteiger partial charge in [0.25, 0.3) is 0 Å². The van der Waals surface area contributed by atoms with E-state index in [9.17, 15) is 4.79 Å². The van der Waals surface area contributed by atoms with Crippen LogP contribution in [0.3, 0.4) is 0 Å². The Hall–Kier alpha value is -1.67. The third-order valence-electron chi connectivity index (χ3n) is 4.32. The van der Waals surface area contributed by atoms with Crippen LogP contribution in [0.1, 0.15) is 37.4 Å². The highest BCUT2D eigenvalue weighted by Gasteiger charge is 2.25. The molecule has 0 spiro atoms. The molecule has 2 aliphatic rings. The summed E-state index contributed by atoms with van der Waals surface area (Å²) in [6.07, 6.45) is 1.66. The van der Waals surface area contributed by atoms with Gasteiger partial charge in [-0.05, 0) is 19.8 Å². The second kappa shape index (κ2) is 7.74. The van der Waals surface area contributed by atoms with Gasteiger partial charge in [-0.15, -0.1) is 0 Å². The van der Waals surface area contributed by atoms with E-state index in [1.54, 1.807) is 4.90 Å². The van der Waals surface area contributed by atoms with Crippen molar-refractivity contribution in [3.05, 3.63) is 11.7 Å². The summed E-state index contributed by atoms with van der Waals surface area (Å²) in [7, 11) is 0. The monoisotopic (exact) mass is 324 g/mol. The first-order chi connectivity index (χ1) is 11.3. The SMILES string of the molecule is CCOC(=O)N1CCN(Cc2noc(C3CCOCC3)n2)CC1. The summed E-state index contributed by atoms with van der Waals surface area (Å²) >= 11 is 0. The van der Waals surface area contributed by atoms with Crippen molar-refractivity contribution < 1.29 is 18.8 Å². The zero-order valence-electron chi connectivity index (χ0n) is 13.6. The minimum Gasteiger partial charge on any atom is -0.450 e. The standard InChI is InChI=1S/C15H24N4O4/c1-2-22-15(20)19-7-5-18(6-8-19)11-13-16-14(23-17-13)12-3-9-21-10-4-12/h12H,2-11H2,1H3. The molecule has 23 heavy (non-hydrogen) atoms. The highest BCUT2D eigenvalue weighted by Crippen LogP contribution is 2.25. The van der Waals surface area contributed by atoms with Gasteiger partial charge in [-0.2, -0.15) is 4.98 Å². The van der Waals surface area contributed by atoms with Crippen molar-refractivity contribution in [1.29, 1.82) is 0 Å². The summed E-state index contributed by atoms with van der Waals surface area (Å²) in [5.74, 6) is 1.77. The highest BCUT2D eigenvalue weighted by molar-refractivity contribution is 5.67. The Balaban J connectivity index is 1.47. The lowest BCUT2D eigenvalue weighted by molar-refractivity contribution is 0.0769. The van der Waals surface area contributed by atoms with Crippen molar-refractivity contribution in [2.45, 2.75) is 32.2 Å². The number of carbonyl (C=O) groups is 1. The van der Waals surface area contributed by atoms with E-state index in [4.69, 9.17) is 14.0 Å². The lowest BCUT2D eigenvalue weighted by Gasteiger charge is -2.33. The Labute approximate surface area is 135 Å². The van der Waals surface area contributed by atoms with Crippen LogP contribution in [-0.2, 0) is 16.0 Å². The van der Waals surface area contributed by atoms with E-state index in [0.717, 1.165) is 50.9 Å². The van der Waals surface area contributed by atoms with Crippen molar-refractivity contribution in [1.82, 2.24) is 19.9 Å². The number of rotatable bonds is 4. The third-order valence-corrected chi connectivity index (χ3v) is 4.32. The van der Waals surface area contributed by atoms with Crippen LogP contribution in [0.5, 0.6) is 0 Å². The minimum absolute atomic E-state index is 0.228. The maximum atomic E-state index is 11.7. The van der Waals surface area contributed by atoms with Gasteiger partial charge in [0.05, 0.1) is 13.2 Å². The van der Waals surface area contributed by atoms with Gasteiger partial charge in [0.15, 0.2) is 5.82 Å². The fourth-order valence-electron chi connectivity index (χ4n) is 2.95. The van der Waals surface area contributed by atoms with E-state index in [2.05, 4.69) is 15.0 Å². The predicted octanol–water partition coefficient (Wildman–Crippen LogP) is 1.24. The molecule has 0 bridgehead atoms. The average Bonchev–Trinajstić information content (AvgIpc) is 3.05. The Morgan fingerprint density at radius 2 is 2.00 bits per heavy atom. The summed E-state index contributed by atoms with van der Waals surface area (Å²) in [5.41, 5.74) is 0. The number of hydrogen-bond donors (Lipinski definition) is 0. The Morgan fingerprint density at radius 3 is 2.70 bits per heavy atom. The van der Waals surface area contributed by atoms with Gasteiger partial charge >= 0.3 is 6.09 Å². The fourth-order valence-corrected chi connectivity index (χ4v) is 2.95. The minimum atomic E-state index is -0.228. The van der Waals surface area contributed by atoms with Gasteiger partial charge in [-0.3, -0.25) is 4.90 Å². The van der Waals surface area contributed by atoms with Crippen LogP contribution in [0.4, 0.5) is 4.79 Å². The van der Waals surface area contributed by atoms with Gasteiger partial charge in [0.2, 0.25) is 5.89 Å². The highest BCUT2D eigenvalue weighted by atomic mass is 16.6. The quantitative estimate of drug-likeness (QED) is 0.824. The summed E-state index contributed by atoms with van der Waals surface area (Å²) in [6, 6.07) is 0. The molecule has 2 saturated heterocycles. The topological polar surface area (TPSA) is 80.9 Å². The molecule has 1 aromatic heterocycles. The molecule has 3 rings (SSSR count). The molecule has 0 saturated carbocycles. The van der Waals surface area contributed by atoms with Gasteiger partial charge in [0, 0.05) is 45.3 Å². The first-order valence-corrected chi connectivity index (χ1v) is 8.30. The number of ether oxygens (including phenoxy) is 2. The third kappa shape index (κ3) is 4.20. The largest absolute Gasteiger partial charge is 0.450 e. The Morgan fingerprint density at radius 1 is 1.26 bits per heavy atom. The molecule has 8 heteroatoms. The van der Waals surface area contributed by atoms with Crippen LogP contribution >= 0.6 is 0 Å². The number of piperazine rings is 1. The van der Waals surface area contributed by atoms with Crippen molar-refractivity contribution in [3.8, 4) is 0 Å². The van der Waals surface area contributed by atoms with Crippen LogP contribution in [0.2, 0.25) is 0 Å². The number of carbonyl (C=O) groups excluding carboxylic acids is 1. The maximum absolute atomic E-state index is 11.7. The molecular formula is C15H24N4O4. The number of hydrogen-bond acceptors (Lipinski definition) is 7. The predicted molar refractivity (Wildman–Crippen MR) is 81.0 cm³/mol. The van der Waals surface area contributed by atoms with Gasteiger partial charge in [-0.1, -0.05) is 5.16 Å². The van der Waals surface area contributed by atoms with E-state index >= 15 is 0 Å².